The van der Waals surface area contributed by atoms with Crippen molar-refractivity contribution in [3.63, 3.8) is 0 Å². The zero-order chi connectivity index (χ0) is 13.5. The number of benzene rings is 2. The van der Waals surface area contributed by atoms with Crippen molar-refractivity contribution < 1.29 is 0 Å². The zero-order valence-electron chi connectivity index (χ0n) is 11.9. The van der Waals surface area contributed by atoms with Crippen molar-refractivity contribution in [2.45, 2.75) is 33.1 Å². The van der Waals surface area contributed by atoms with Gasteiger partial charge in [-0.2, -0.15) is 0 Å². The van der Waals surface area contributed by atoms with Crippen molar-refractivity contribution in [2.24, 2.45) is 0 Å². The van der Waals surface area contributed by atoms with Crippen LogP contribution in [0.3, 0.4) is 0 Å². The van der Waals surface area contributed by atoms with Crippen LogP contribution in [-0.2, 0) is 6.42 Å². The molecule has 0 nitrogen and oxygen atoms in total. The standard InChI is InChI=1S/C17H16.C2H6/c1-3-8-14(9-4-1)17-13-7-11-15-10-5-2-6-12-16(15)17;1-2/h1,3-4,6-9,11-13H,2,5,10H2;1-2H3. The number of aryl methyl sites for hydroxylation is 1. The third-order valence-corrected chi connectivity index (χ3v) is 3.38. The molecule has 0 spiro atoms. The molecule has 0 heteroatoms. The van der Waals surface area contributed by atoms with Gasteiger partial charge < -0.3 is 0 Å². The number of rotatable bonds is 1. The summed E-state index contributed by atoms with van der Waals surface area (Å²) in [7, 11) is 0. The average molecular weight is 250 g/mol. The number of hydrogen-bond donors (Lipinski definition) is 0. The summed E-state index contributed by atoms with van der Waals surface area (Å²) in [4.78, 5) is 0. The van der Waals surface area contributed by atoms with E-state index in [1.165, 1.54) is 41.5 Å². The minimum Gasteiger partial charge on any atom is -0.0839 e. The maximum Gasteiger partial charge on any atom is -0.0109 e. The Hall–Kier alpha value is -1.82. The Labute approximate surface area is 116 Å². The topological polar surface area (TPSA) is 0 Å². The highest BCUT2D eigenvalue weighted by Crippen LogP contribution is 2.29. The van der Waals surface area contributed by atoms with Gasteiger partial charge in [-0.1, -0.05) is 74.5 Å². The quantitative estimate of drug-likeness (QED) is 0.606. The maximum absolute atomic E-state index is 2.30. The molecule has 0 bridgehead atoms. The van der Waals surface area contributed by atoms with Gasteiger partial charge in [0.05, 0.1) is 0 Å². The molecule has 0 saturated carbocycles. The molecule has 0 unspecified atom stereocenters. The molecular formula is C19H22. The first-order chi connectivity index (χ1) is 9.45. The Kier molecular flexibility index (Phi) is 4.97. The van der Waals surface area contributed by atoms with E-state index in [0.29, 0.717) is 0 Å². The fourth-order valence-corrected chi connectivity index (χ4v) is 2.51. The van der Waals surface area contributed by atoms with E-state index >= 15 is 0 Å². The summed E-state index contributed by atoms with van der Waals surface area (Å²) in [5.41, 5.74) is 5.58. The number of fused-ring (bicyclic) bond motifs is 1. The second-order valence-corrected chi connectivity index (χ2v) is 4.54. The molecule has 0 N–H and O–H groups in total. The van der Waals surface area contributed by atoms with E-state index < -0.39 is 0 Å². The monoisotopic (exact) mass is 250 g/mol. The van der Waals surface area contributed by atoms with Crippen molar-refractivity contribution in [3.8, 4) is 11.1 Å². The molecular weight excluding hydrogens is 228 g/mol. The predicted octanol–water partition coefficient (Wildman–Crippen LogP) is 5.73. The highest BCUT2D eigenvalue weighted by atomic mass is 14.1. The molecule has 0 heterocycles. The summed E-state index contributed by atoms with van der Waals surface area (Å²) in [6, 6.07) is 17.3. The van der Waals surface area contributed by atoms with E-state index in [0.717, 1.165) is 0 Å². The molecule has 0 aromatic heterocycles. The Morgan fingerprint density at radius 1 is 0.842 bits per heavy atom. The van der Waals surface area contributed by atoms with Crippen LogP contribution in [0.1, 0.15) is 37.8 Å². The van der Waals surface area contributed by atoms with E-state index in [1.54, 1.807) is 0 Å². The Bertz CT molecular complexity index is 535. The van der Waals surface area contributed by atoms with Crippen LogP contribution in [0, 0.1) is 0 Å². The second-order valence-electron chi connectivity index (χ2n) is 4.54. The third-order valence-electron chi connectivity index (χ3n) is 3.38. The predicted molar refractivity (Wildman–Crippen MR) is 85.2 cm³/mol. The smallest absolute Gasteiger partial charge is 0.0109 e. The van der Waals surface area contributed by atoms with Crippen molar-refractivity contribution in [2.75, 3.05) is 0 Å². The van der Waals surface area contributed by atoms with Crippen molar-refractivity contribution in [1.82, 2.24) is 0 Å². The van der Waals surface area contributed by atoms with Gasteiger partial charge in [0.1, 0.15) is 0 Å². The molecule has 1 aliphatic carbocycles. The van der Waals surface area contributed by atoms with Gasteiger partial charge in [0.25, 0.3) is 0 Å². The minimum atomic E-state index is 1.20. The van der Waals surface area contributed by atoms with Crippen LogP contribution in [0.15, 0.2) is 54.6 Å². The molecule has 1 aliphatic rings. The van der Waals surface area contributed by atoms with Crippen molar-refractivity contribution in [1.29, 1.82) is 0 Å². The number of hydrogen-bond acceptors (Lipinski definition) is 0. The van der Waals surface area contributed by atoms with E-state index in [4.69, 9.17) is 0 Å². The maximum atomic E-state index is 2.30. The summed E-state index contributed by atoms with van der Waals surface area (Å²) < 4.78 is 0. The largest absolute Gasteiger partial charge is 0.0839 e. The second kappa shape index (κ2) is 6.94. The minimum absolute atomic E-state index is 1.20. The van der Waals surface area contributed by atoms with E-state index in [2.05, 4.69) is 60.7 Å². The van der Waals surface area contributed by atoms with Gasteiger partial charge >= 0.3 is 0 Å². The molecule has 2 aromatic rings. The Morgan fingerprint density at radius 2 is 1.63 bits per heavy atom. The first-order valence-electron chi connectivity index (χ1n) is 7.29. The van der Waals surface area contributed by atoms with Crippen LogP contribution >= 0.6 is 0 Å². The molecule has 19 heavy (non-hydrogen) atoms. The van der Waals surface area contributed by atoms with Gasteiger partial charge in [-0.05, 0) is 41.5 Å². The van der Waals surface area contributed by atoms with Crippen molar-refractivity contribution in [3.05, 3.63) is 65.7 Å². The fraction of sp³-hybridized carbons (Fsp3) is 0.263. The summed E-state index contributed by atoms with van der Waals surface area (Å²) >= 11 is 0. The molecule has 0 radical (unpaired) electrons. The first kappa shape index (κ1) is 13.6. The van der Waals surface area contributed by atoms with Crippen LogP contribution in [0.4, 0.5) is 0 Å². The lowest BCUT2D eigenvalue weighted by Crippen LogP contribution is -1.91. The Balaban J connectivity index is 0.000000637. The average Bonchev–Trinajstić information content (AvgIpc) is 2.75. The van der Waals surface area contributed by atoms with E-state index in [-0.39, 0.29) is 0 Å². The van der Waals surface area contributed by atoms with Crippen LogP contribution in [0.5, 0.6) is 0 Å². The molecule has 0 aliphatic heterocycles. The lowest BCUT2D eigenvalue weighted by molar-refractivity contribution is 0.852. The first-order valence-corrected chi connectivity index (χ1v) is 7.29. The lowest BCUT2D eigenvalue weighted by atomic mass is 9.94. The zero-order valence-corrected chi connectivity index (χ0v) is 11.9. The number of allylic oxidation sites excluding steroid dienone is 1. The molecule has 0 fully saturated rings. The van der Waals surface area contributed by atoms with Crippen molar-refractivity contribution >= 4 is 6.08 Å². The van der Waals surface area contributed by atoms with Crippen LogP contribution in [-0.4, -0.2) is 0 Å². The van der Waals surface area contributed by atoms with Crippen LogP contribution < -0.4 is 0 Å². The van der Waals surface area contributed by atoms with Gasteiger partial charge in [0, 0.05) is 0 Å². The summed E-state index contributed by atoms with van der Waals surface area (Å²) in [5, 5.41) is 0. The van der Waals surface area contributed by atoms with Gasteiger partial charge in [0.2, 0.25) is 0 Å². The van der Waals surface area contributed by atoms with Crippen LogP contribution in [0.25, 0.3) is 17.2 Å². The normalized spacial score (nSPS) is 12.9. The Morgan fingerprint density at radius 3 is 2.42 bits per heavy atom. The highest BCUT2D eigenvalue weighted by molar-refractivity contribution is 5.77. The summed E-state index contributed by atoms with van der Waals surface area (Å²) in [6.07, 6.45) is 8.26. The van der Waals surface area contributed by atoms with Crippen LogP contribution in [0.2, 0.25) is 0 Å². The van der Waals surface area contributed by atoms with Gasteiger partial charge in [-0.15, -0.1) is 0 Å². The molecule has 0 amide bonds. The lowest BCUT2D eigenvalue weighted by Gasteiger charge is -2.10. The molecule has 0 saturated heterocycles. The summed E-state index contributed by atoms with van der Waals surface area (Å²) in [6.45, 7) is 4.00. The molecule has 2 aromatic carbocycles. The van der Waals surface area contributed by atoms with Gasteiger partial charge in [0.15, 0.2) is 0 Å². The van der Waals surface area contributed by atoms with Gasteiger partial charge in [-0.25, -0.2) is 0 Å². The third kappa shape index (κ3) is 3.14. The van der Waals surface area contributed by atoms with Gasteiger partial charge in [-0.3, -0.25) is 0 Å². The summed E-state index contributed by atoms with van der Waals surface area (Å²) in [5.74, 6) is 0. The molecule has 3 rings (SSSR count). The SMILES string of the molecule is C1=Cc2c(cccc2-c2ccccc2)CCC1.CC. The van der Waals surface area contributed by atoms with E-state index in [9.17, 15) is 0 Å². The fourth-order valence-electron chi connectivity index (χ4n) is 2.51. The molecule has 0 atom stereocenters. The molecule has 98 valence electrons. The van der Waals surface area contributed by atoms with E-state index in [1.807, 2.05) is 13.8 Å². The highest BCUT2D eigenvalue weighted by Gasteiger charge is 2.09.